The van der Waals surface area contributed by atoms with Crippen LogP contribution in [0.1, 0.15) is 34.1 Å². The molecule has 0 spiro atoms. The van der Waals surface area contributed by atoms with E-state index in [1.165, 1.54) is 5.71 Å². The zero-order valence-electron chi connectivity index (χ0n) is 16.0. The van der Waals surface area contributed by atoms with Gasteiger partial charge in [0.25, 0.3) is 0 Å². The molecule has 2 aromatic rings. The Morgan fingerprint density at radius 1 is 1.18 bits per heavy atom. The van der Waals surface area contributed by atoms with Crippen molar-refractivity contribution >= 4 is 33.6 Å². The third-order valence-electron chi connectivity index (χ3n) is 3.88. The Bertz CT molecular complexity index is 840. The van der Waals surface area contributed by atoms with Gasteiger partial charge in [0.05, 0.1) is 22.9 Å². The zero-order valence-corrected chi connectivity index (χ0v) is 17.6. The molecular formula is C17H22ClN5O4S. The number of azo groups is 1. The topological polar surface area (TPSA) is 136 Å². The summed E-state index contributed by atoms with van der Waals surface area (Å²) in [6, 6.07) is 8.09. The van der Waals surface area contributed by atoms with Crippen LogP contribution < -0.4 is 28.2 Å². The van der Waals surface area contributed by atoms with E-state index in [1.54, 1.807) is 11.3 Å². The molecule has 0 saturated heterocycles. The molecule has 0 aliphatic carbocycles. The lowest BCUT2D eigenvalue weighted by molar-refractivity contribution is -2.00. The number of anilines is 1. The Kier molecular flexibility index (Phi) is 7.21. The summed E-state index contributed by atoms with van der Waals surface area (Å²) in [5.41, 5.74) is 3.13. The van der Waals surface area contributed by atoms with Crippen LogP contribution in [0.5, 0.6) is 0 Å². The van der Waals surface area contributed by atoms with Gasteiger partial charge in [-0.15, -0.1) is 10.2 Å². The molecule has 0 atom stereocenters. The number of halogens is 1. The van der Waals surface area contributed by atoms with E-state index < -0.39 is 10.2 Å². The summed E-state index contributed by atoms with van der Waals surface area (Å²) in [6.45, 7) is 9.50. The fourth-order valence-corrected chi connectivity index (χ4v) is 3.57. The van der Waals surface area contributed by atoms with Crippen molar-refractivity contribution in [2.75, 3.05) is 5.01 Å². The summed E-state index contributed by atoms with van der Waals surface area (Å²) < 4.78 is 36.0. The van der Waals surface area contributed by atoms with Gasteiger partial charge >= 0.3 is 5.13 Å². The van der Waals surface area contributed by atoms with Crippen molar-refractivity contribution in [1.29, 1.82) is 0 Å². The van der Waals surface area contributed by atoms with Gasteiger partial charge in [0.2, 0.25) is 0 Å². The third-order valence-corrected chi connectivity index (χ3v) is 4.66. The first kappa shape index (κ1) is 22.3. The predicted octanol–water partition coefficient (Wildman–Crippen LogP) is 0.0795. The number of hydrazone groups is 1. The largest absolute Gasteiger partial charge is 0.408 e. The maximum atomic E-state index is 8.49. The van der Waals surface area contributed by atoms with Crippen LogP contribution in [0.15, 0.2) is 51.2 Å². The molecule has 0 N–H and O–H groups in total. The lowest BCUT2D eigenvalue weighted by atomic mass is 9.98. The number of aryl methyl sites for hydroxylation is 1. The average Bonchev–Trinajstić information content (AvgIpc) is 3.14. The van der Waals surface area contributed by atoms with Crippen molar-refractivity contribution in [2.45, 2.75) is 46.2 Å². The lowest BCUT2D eigenvalue weighted by Crippen LogP contribution is -2.68. The number of nitrogens with zero attached hydrogens (tertiary/aromatic N) is 5. The van der Waals surface area contributed by atoms with E-state index in [2.05, 4.69) is 64.7 Å². The summed E-state index contributed by atoms with van der Waals surface area (Å²) in [5.74, 6) is 0. The molecule has 1 aliphatic rings. The third kappa shape index (κ3) is 6.59. The van der Waals surface area contributed by atoms with Crippen molar-refractivity contribution < 1.29 is 33.4 Å². The molecule has 0 fully saturated rings. The van der Waals surface area contributed by atoms with Gasteiger partial charge in [-0.25, -0.2) is 23.2 Å². The van der Waals surface area contributed by atoms with Gasteiger partial charge in [-0.3, -0.25) is 5.01 Å². The number of aromatic nitrogens is 1. The predicted molar refractivity (Wildman–Crippen MR) is 95.1 cm³/mol. The molecule has 152 valence electrons. The van der Waals surface area contributed by atoms with Gasteiger partial charge < -0.3 is 0 Å². The van der Waals surface area contributed by atoms with E-state index in [9.17, 15) is 0 Å². The van der Waals surface area contributed by atoms with Crippen molar-refractivity contribution in [3.63, 3.8) is 0 Å². The van der Waals surface area contributed by atoms with Crippen LogP contribution in [0.3, 0.4) is 0 Å². The maximum absolute atomic E-state index is 8.49. The molecule has 1 aliphatic heterocycles. The van der Waals surface area contributed by atoms with E-state index in [-0.39, 0.29) is 5.54 Å². The van der Waals surface area contributed by atoms with Crippen molar-refractivity contribution in [3.05, 3.63) is 35.8 Å². The summed E-state index contributed by atoms with van der Waals surface area (Å²) in [4.78, 5) is 0. The minimum atomic E-state index is -4.94. The first-order valence-corrected chi connectivity index (χ1v) is 10.6. The number of hydrogen-bond acceptors (Lipinski definition) is 9. The fourth-order valence-electron chi connectivity index (χ4n) is 2.83. The summed E-state index contributed by atoms with van der Waals surface area (Å²) in [6.07, 6.45) is 3.02. The molecule has 1 aromatic carbocycles. The monoisotopic (exact) mass is 427 g/mol. The van der Waals surface area contributed by atoms with Crippen molar-refractivity contribution in [2.24, 2.45) is 15.3 Å². The number of rotatable bonds is 4. The molecule has 11 heteroatoms. The van der Waals surface area contributed by atoms with Gasteiger partial charge in [0, 0.05) is 17.5 Å². The molecule has 0 amide bonds. The second-order valence-corrected chi connectivity index (χ2v) is 8.33. The molecule has 3 rings (SSSR count). The minimum absolute atomic E-state index is 0.0246. The van der Waals surface area contributed by atoms with Crippen molar-refractivity contribution in [1.82, 2.24) is 0 Å². The molecule has 28 heavy (non-hydrogen) atoms. The molecule has 2 heterocycles. The van der Waals surface area contributed by atoms with Crippen LogP contribution >= 0.6 is 11.3 Å². The van der Waals surface area contributed by atoms with Crippen LogP contribution in [-0.2, 0) is 6.54 Å². The highest BCUT2D eigenvalue weighted by atomic mass is 35.7. The van der Waals surface area contributed by atoms with Crippen LogP contribution in [-0.4, -0.2) is 11.3 Å². The Morgan fingerprint density at radius 2 is 1.79 bits per heavy atom. The Balaban J connectivity index is 0.000000500. The molecular weight excluding hydrogens is 406 g/mol. The first-order valence-electron chi connectivity index (χ1n) is 8.44. The van der Waals surface area contributed by atoms with E-state index in [1.807, 2.05) is 23.7 Å². The Labute approximate surface area is 169 Å². The molecule has 0 unspecified atom stereocenters. The number of hydrogen-bond donors (Lipinski definition) is 0. The first-order chi connectivity index (χ1) is 13.0. The van der Waals surface area contributed by atoms with Gasteiger partial charge in [-0.05, 0) is 68.4 Å². The highest BCUT2D eigenvalue weighted by Crippen LogP contribution is 2.33. The van der Waals surface area contributed by atoms with Gasteiger partial charge in [0.1, 0.15) is 11.9 Å². The highest BCUT2D eigenvalue weighted by Gasteiger charge is 2.33. The molecule has 9 nitrogen and oxygen atoms in total. The second-order valence-electron chi connectivity index (χ2n) is 6.70. The lowest BCUT2D eigenvalue weighted by Gasteiger charge is -2.30. The summed E-state index contributed by atoms with van der Waals surface area (Å²) in [5, 5.41) is 18.4. The van der Waals surface area contributed by atoms with Gasteiger partial charge in [-0.2, -0.15) is 5.10 Å². The van der Waals surface area contributed by atoms with Crippen LogP contribution in [0.2, 0.25) is 0 Å². The van der Waals surface area contributed by atoms with Gasteiger partial charge in [0.15, 0.2) is 0 Å². The van der Waals surface area contributed by atoms with E-state index in [0.29, 0.717) is 0 Å². The molecule has 1 aromatic heterocycles. The van der Waals surface area contributed by atoms with E-state index in [4.69, 9.17) is 18.6 Å². The number of thiazole rings is 1. The molecule has 0 radical (unpaired) electrons. The minimum Gasteiger partial charge on any atom is -0.260 e. The van der Waals surface area contributed by atoms with Crippen molar-refractivity contribution in [3.8, 4) is 0 Å². The molecule has 0 bridgehead atoms. The maximum Gasteiger partial charge on any atom is 0.408 e. The highest BCUT2D eigenvalue weighted by molar-refractivity contribution is 7.12. The van der Waals surface area contributed by atoms with Crippen LogP contribution in [0, 0.1) is 10.2 Å². The summed E-state index contributed by atoms with van der Waals surface area (Å²) in [7, 11) is -4.94. The van der Waals surface area contributed by atoms with Crippen LogP contribution in [0.25, 0.3) is 0 Å². The SMILES string of the molecule is CC[n+]1ccsc1N=Nc1ccc(N2N=C(C)CC2(C)C)cc1.[O-][Cl+3]([O-])([O-])[O-]. The second kappa shape index (κ2) is 9.03. The quantitative estimate of drug-likeness (QED) is 0.502. The Morgan fingerprint density at radius 3 is 2.29 bits per heavy atom. The fraction of sp³-hybridized carbons (Fsp3) is 0.412. The standard InChI is InChI=1S/C17H22N5S.ClHO4/c1-5-21-10-11-23-16(21)19-18-14-6-8-15(9-7-14)22-17(3,4)12-13(2)20-22;2-1(3,4)5/h6-11H,5,12H2,1-4H3;(H,2,3,4,5)/q+1;/p-1. The normalized spacial score (nSPS) is 16.1. The van der Waals surface area contributed by atoms with E-state index >= 15 is 0 Å². The van der Waals surface area contributed by atoms with E-state index in [0.717, 1.165) is 29.5 Å². The molecule has 0 saturated carbocycles. The Hall–Kier alpha value is -1.95. The van der Waals surface area contributed by atoms with Gasteiger partial charge in [-0.1, -0.05) is 0 Å². The zero-order chi connectivity index (χ0) is 20.9. The average molecular weight is 428 g/mol. The van der Waals surface area contributed by atoms with Crippen LogP contribution in [0.4, 0.5) is 16.5 Å². The smallest absolute Gasteiger partial charge is 0.260 e. The number of benzene rings is 1. The summed E-state index contributed by atoms with van der Waals surface area (Å²) >= 11 is 1.59.